The van der Waals surface area contributed by atoms with Gasteiger partial charge in [0.1, 0.15) is 11.9 Å². The third kappa shape index (κ3) is 3.31. The monoisotopic (exact) mass is 290 g/mol. The molecule has 2 aromatic rings. The molecule has 0 unspecified atom stereocenters. The summed E-state index contributed by atoms with van der Waals surface area (Å²) in [6, 6.07) is 5.47. The van der Waals surface area contributed by atoms with E-state index < -0.39 is 5.82 Å². The van der Waals surface area contributed by atoms with Gasteiger partial charge < -0.3 is 16.2 Å². The number of hydrogen-bond donors (Lipinski definition) is 3. The number of nitrogens with one attached hydrogen (secondary N) is 1. The molecule has 9 heteroatoms. The van der Waals surface area contributed by atoms with Crippen molar-refractivity contribution in [1.82, 2.24) is 10.3 Å². The van der Waals surface area contributed by atoms with Crippen LogP contribution in [0.4, 0.5) is 15.9 Å². The number of nitrogens with two attached hydrogens (primary N) is 1. The first-order valence-electron chi connectivity index (χ1n) is 5.87. The van der Waals surface area contributed by atoms with Gasteiger partial charge in [0.25, 0.3) is 0 Å². The third-order valence-corrected chi connectivity index (χ3v) is 2.46. The predicted octanol–water partition coefficient (Wildman–Crippen LogP) is 0.522. The Morgan fingerprint density at radius 3 is 3.05 bits per heavy atom. The predicted molar refractivity (Wildman–Crippen MR) is 71.4 cm³/mol. The van der Waals surface area contributed by atoms with Gasteiger partial charge in [0, 0.05) is 6.54 Å². The SMILES string of the molecule is N#Cc1cc(N=C(N)c2nonc2NCCO)ccc1F. The van der Waals surface area contributed by atoms with Gasteiger partial charge in [-0.2, -0.15) is 5.26 Å². The molecule has 0 fully saturated rings. The van der Waals surface area contributed by atoms with Crippen molar-refractivity contribution in [2.45, 2.75) is 0 Å². The molecular weight excluding hydrogens is 279 g/mol. The number of benzene rings is 1. The second kappa shape index (κ2) is 6.44. The van der Waals surface area contributed by atoms with Gasteiger partial charge in [-0.25, -0.2) is 14.0 Å². The van der Waals surface area contributed by atoms with Crippen LogP contribution in [0.3, 0.4) is 0 Å². The number of rotatable bonds is 5. The van der Waals surface area contributed by atoms with Gasteiger partial charge in [-0.05, 0) is 28.5 Å². The van der Waals surface area contributed by atoms with Crippen LogP contribution in [0.15, 0.2) is 27.8 Å². The zero-order valence-corrected chi connectivity index (χ0v) is 10.7. The number of hydrogen-bond acceptors (Lipinski definition) is 7. The van der Waals surface area contributed by atoms with Crippen molar-refractivity contribution in [3.8, 4) is 6.07 Å². The second-order valence-electron chi connectivity index (χ2n) is 3.88. The van der Waals surface area contributed by atoms with E-state index >= 15 is 0 Å². The van der Waals surface area contributed by atoms with E-state index in [0.29, 0.717) is 5.69 Å². The summed E-state index contributed by atoms with van der Waals surface area (Å²) in [6.07, 6.45) is 0. The van der Waals surface area contributed by atoms with Crippen molar-refractivity contribution < 1.29 is 14.1 Å². The van der Waals surface area contributed by atoms with Crippen molar-refractivity contribution in [2.75, 3.05) is 18.5 Å². The molecule has 21 heavy (non-hydrogen) atoms. The molecule has 0 atom stereocenters. The Morgan fingerprint density at radius 1 is 1.52 bits per heavy atom. The molecule has 4 N–H and O–H groups in total. The van der Waals surface area contributed by atoms with E-state index in [0.717, 1.165) is 6.07 Å². The number of aromatic nitrogens is 2. The Morgan fingerprint density at radius 2 is 2.33 bits per heavy atom. The maximum absolute atomic E-state index is 13.2. The van der Waals surface area contributed by atoms with Crippen molar-refractivity contribution in [1.29, 1.82) is 5.26 Å². The lowest BCUT2D eigenvalue weighted by atomic mass is 10.2. The molecule has 1 heterocycles. The summed E-state index contributed by atoms with van der Waals surface area (Å²) in [5.74, 6) is -0.427. The fourth-order valence-corrected chi connectivity index (χ4v) is 1.51. The van der Waals surface area contributed by atoms with Gasteiger partial charge in [-0.15, -0.1) is 0 Å². The molecular formula is C12H11FN6O2. The average Bonchev–Trinajstić information content (AvgIpc) is 2.95. The molecule has 0 aliphatic carbocycles. The summed E-state index contributed by atoms with van der Waals surface area (Å²) in [6.45, 7) is 0.135. The van der Waals surface area contributed by atoms with E-state index in [9.17, 15) is 4.39 Å². The number of aliphatic imine (C=N–C) groups is 1. The van der Waals surface area contributed by atoms with Gasteiger partial charge in [0.15, 0.2) is 11.5 Å². The molecule has 0 saturated carbocycles. The topological polar surface area (TPSA) is 133 Å². The van der Waals surface area contributed by atoms with Gasteiger partial charge in [-0.3, -0.25) is 0 Å². The third-order valence-electron chi connectivity index (χ3n) is 2.46. The van der Waals surface area contributed by atoms with Crippen LogP contribution >= 0.6 is 0 Å². The maximum atomic E-state index is 13.2. The zero-order chi connectivity index (χ0) is 15.2. The quantitative estimate of drug-likeness (QED) is 0.540. The second-order valence-corrected chi connectivity index (χ2v) is 3.88. The van der Waals surface area contributed by atoms with Crippen LogP contribution in [0.1, 0.15) is 11.3 Å². The number of halogens is 1. The molecule has 0 radical (unpaired) electrons. The molecule has 0 saturated heterocycles. The van der Waals surface area contributed by atoms with E-state index in [2.05, 4.69) is 25.3 Å². The van der Waals surface area contributed by atoms with Gasteiger partial charge in [0.2, 0.25) is 5.82 Å². The van der Waals surface area contributed by atoms with E-state index in [-0.39, 0.29) is 36.1 Å². The highest BCUT2D eigenvalue weighted by Crippen LogP contribution is 2.18. The van der Waals surface area contributed by atoms with Crippen LogP contribution in [0.5, 0.6) is 0 Å². The minimum absolute atomic E-state index is 0.0211. The Kier molecular flexibility index (Phi) is 4.43. The molecule has 0 spiro atoms. The number of aliphatic hydroxyl groups excluding tert-OH is 1. The normalized spacial score (nSPS) is 11.2. The summed E-state index contributed by atoms with van der Waals surface area (Å²) >= 11 is 0. The Balaban J connectivity index is 2.29. The molecule has 2 rings (SSSR count). The first-order chi connectivity index (χ1) is 10.2. The van der Waals surface area contributed by atoms with E-state index in [1.165, 1.54) is 12.1 Å². The van der Waals surface area contributed by atoms with Crippen LogP contribution < -0.4 is 11.1 Å². The minimum atomic E-state index is -0.636. The number of amidine groups is 1. The molecule has 8 nitrogen and oxygen atoms in total. The van der Waals surface area contributed by atoms with Crippen LogP contribution in [-0.2, 0) is 0 Å². The molecule has 0 bridgehead atoms. The van der Waals surface area contributed by atoms with Crippen molar-refractivity contribution in [2.24, 2.45) is 10.7 Å². The molecule has 1 aromatic heterocycles. The molecule has 0 aliphatic heterocycles. The summed E-state index contributed by atoms with van der Waals surface area (Å²) in [5.41, 5.74) is 6.10. The van der Waals surface area contributed by atoms with Crippen LogP contribution in [0.25, 0.3) is 0 Å². The molecule has 108 valence electrons. The van der Waals surface area contributed by atoms with E-state index in [4.69, 9.17) is 16.1 Å². The number of anilines is 1. The van der Waals surface area contributed by atoms with Crippen LogP contribution in [0, 0.1) is 17.1 Å². The Labute approximate surface area is 118 Å². The van der Waals surface area contributed by atoms with Gasteiger partial charge >= 0.3 is 0 Å². The number of aliphatic hydroxyl groups is 1. The van der Waals surface area contributed by atoms with Gasteiger partial charge in [-0.1, -0.05) is 0 Å². The largest absolute Gasteiger partial charge is 0.395 e. The van der Waals surface area contributed by atoms with E-state index in [1.807, 2.05) is 0 Å². The summed E-state index contributed by atoms with van der Waals surface area (Å²) in [5, 5.41) is 27.4. The lowest BCUT2D eigenvalue weighted by Crippen LogP contribution is -2.17. The van der Waals surface area contributed by atoms with Crippen molar-refractivity contribution >= 4 is 17.3 Å². The standard InChI is InChI=1S/C12H11FN6O2/c13-9-2-1-8(5-7(9)6-14)17-11(15)10-12(16-3-4-20)19-21-18-10/h1-2,5,20H,3-4H2,(H2,15,17)(H,16,19). The molecule has 0 aliphatic rings. The Hall–Kier alpha value is -2.99. The maximum Gasteiger partial charge on any atom is 0.202 e. The highest BCUT2D eigenvalue weighted by Gasteiger charge is 2.14. The highest BCUT2D eigenvalue weighted by molar-refractivity contribution is 6.00. The first kappa shape index (κ1) is 14.4. The fraction of sp³-hybridized carbons (Fsp3) is 0.167. The smallest absolute Gasteiger partial charge is 0.202 e. The first-order valence-corrected chi connectivity index (χ1v) is 5.87. The van der Waals surface area contributed by atoms with Crippen molar-refractivity contribution in [3.63, 3.8) is 0 Å². The van der Waals surface area contributed by atoms with Crippen molar-refractivity contribution in [3.05, 3.63) is 35.3 Å². The number of nitrogens with zero attached hydrogens (tertiary/aromatic N) is 4. The average molecular weight is 290 g/mol. The summed E-state index contributed by atoms with van der Waals surface area (Å²) in [4.78, 5) is 4.03. The lowest BCUT2D eigenvalue weighted by Gasteiger charge is -2.02. The van der Waals surface area contributed by atoms with E-state index in [1.54, 1.807) is 6.07 Å². The number of nitriles is 1. The zero-order valence-electron chi connectivity index (χ0n) is 10.7. The van der Waals surface area contributed by atoms with Crippen LogP contribution in [0.2, 0.25) is 0 Å². The Bertz CT molecular complexity index is 706. The highest BCUT2D eigenvalue weighted by atomic mass is 19.1. The molecule has 0 amide bonds. The summed E-state index contributed by atoms with van der Waals surface area (Å²) < 4.78 is 17.8. The fourth-order valence-electron chi connectivity index (χ4n) is 1.51. The van der Waals surface area contributed by atoms with Crippen LogP contribution in [-0.4, -0.2) is 34.4 Å². The molecule has 1 aromatic carbocycles. The van der Waals surface area contributed by atoms with Gasteiger partial charge in [0.05, 0.1) is 17.9 Å². The summed E-state index contributed by atoms with van der Waals surface area (Å²) in [7, 11) is 0. The lowest BCUT2D eigenvalue weighted by molar-refractivity contribution is 0.303. The minimum Gasteiger partial charge on any atom is -0.395 e.